The molecule has 3 rings (SSSR count). The molecule has 0 fully saturated rings. The smallest absolute Gasteiger partial charge is 0.0971 e. The third-order valence-corrected chi connectivity index (χ3v) is 3.44. The minimum atomic E-state index is 0.994. The van der Waals surface area contributed by atoms with Gasteiger partial charge < -0.3 is 4.90 Å². The molecule has 0 spiro atoms. The maximum absolute atomic E-state index is 4.49. The fourth-order valence-corrected chi connectivity index (χ4v) is 2.54. The highest BCUT2D eigenvalue weighted by molar-refractivity contribution is 5.93. The van der Waals surface area contributed by atoms with Crippen LogP contribution in [-0.4, -0.2) is 35.2 Å². The number of nitrogens with zero attached hydrogens (tertiary/aromatic N) is 2. The lowest BCUT2D eigenvalue weighted by Gasteiger charge is -2.22. The fourth-order valence-electron chi connectivity index (χ4n) is 2.54. The molecule has 3 heteroatoms. The third-order valence-electron chi connectivity index (χ3n) is 3.44. The summed E-state index contributed by atoms with van der Waals surface area (Å²) in [7, 11) is 2.16. The zero-order chi connectivity index (χ0) is 11.8. The summed E-state index contributed by atoms with van der Waals surface area (Å²) in [6.07, 6.45) is 3.44. The first kappa shape index (κ1) is 10.5. The van der Waals surface area contributed by atoms with Crippen molar-refractivity contribution in [3.63, 3.8) is 0 Å². The van der Waals surface area contributed by atoms with Crippen LogP contribution in [0.2, 0.25) is 0 Å². The molecule has 0 bridgehead atoms. The van der Waals surface area contributed by atoms with Gasteiger partial charge >= 0.3 is 0 Å². The highest BCUT2D eigenvalue weighted by Gasteiger charge is 2.16. The Bertz CT molecular complexity index is 580. The van der Waals surface area contributed by atoms with Gasteiger partial charge in [0.2, 0.25) is 0 Å². The molecule has 1 aliphatic rings. The van der Waals surface area contributed by atoms with Gasteiger partial charge in [0.15, 0.2) is 0 Å². The maximum Gasteiger partial charge on any atom is 0.0971 e. The lowest BCUT2D eigenvalue weighted by molar-refractivity contribution is 0.372. The van der Waals surface area contributed by atoms with Crippen LogP contribution in [0.4, 0.5) is 0 Å². The van der Waals surface area contributed by atoms with E-state index < -0.39 is 0 Å². The van der Waals surface area contributed by atoms with Crippen molar-refractivity contribution in [2.24, 2.45) is 0 Å². The van der Waals surface area contributed by atoms with E-state index in [4.69, 9.17) is 0 Å². The Morgan fingerprint density at radius 1 is 1.35 bits per heavy atom. The number of rotatable bonds is 1. The Kier molecular flexibility index (Phi) is 2.48. The second kappa shape index (κ2) is 4.00. The molecule has 2 aromatic rings. The lowest BCUT2D eigenvalue weighted by atomic mass is 10.0. The Hall–Kier alpha value is -1.61. The minimum absolute atomic E-state index is 0.994. The molecule has 1 aromatic heterocycles. The number of hydrogen-bond acceptors (Lipinski definition) is 2. The molecule has 0 amide bonds. The van der Waals surface area contributed by atoms with Crippen LogP contribution < -0.4 is 0 Å². The molecule has 0 saturated carbocycles. The summed E-state index contributed by atoms with van der Waals surface area (Å²) in [5.74, 6) is 0. The van der Waals surface area contributed by atoms with Crippen molar-refractivity contribution < 1.29 is 0 Å². The highest BCUT2D eigenvalue weighted by Crippen LogP contribution is 2.27. The molecule has 0 atom stereocenters. The molecular weight excluding hydrogens is 210 g/mol. The fraction of sp³-hybridized carbons (Fsp3) is 0.357. The molecule has 1 aliphatic heterocycles. The van der Waals surface area contributed by atoms with E-state index in [1.165, 1.54) is 16.5 Å². The molecule has 88 valence electrons. The number of H-pyrrole nitrogens is 1. The van der Waals surface area contributed by atoms with Crippen molar-refractivity contribution >= 4 is 16.5 Å². The Balaban J connectivity index is 2.15. The lowest BCUT2D eigenvalue weighted by Crippen LogP contribution is -2.25. The summed E-state index contributed by atoms with van der Waals surface area (Å²) >= 11 is 0. The molecule has 0 saturated heterocycles. The van der Waals surface area contributed by atoms with Gasteiger partial charge in [0.25, 0.3) is 0 Å². The number of likely N-dealkylation sites (N-methyl/N-ethyl adjacent to an activating group) is 1. The highest BCUT2D eigenvalue weighted by atomic mass is 15.1. The van der Waals surface area contributed by atoms with Crippen LogP contribution in [0.1, 0.15) is 17.7 Å². The van der Waals surface area contributed by atoms with E-state index in [2.05, 4.69) is 53.3 Å². The van der Waals surface area contributed by atoms with E-state index in [9.17, 15) is 0 Å². The largest absolute Gasteiger partial charge is 0.302 e. The van der Waals surface area contributed by atoms with Crippen molar-refractivity contribution in [3.8, 4) is 0 Å². The van der Waals surface area contributed by atoms with Crippen LogP contribution in [0.25, 0.3) is 16.5 Å². The molecule has 0 unspecified atom stereocenters. The summed E-state index contributed by atoms with van der Waals surface area (Å²) < 4.78 is 0. The first-order chi connectivity index (χ1) is 8.25. The topological polar surface area (TPSA) is 31.9 Å². The molecule has 0 radical (unpaired) electrons. The first-order valence-electron chi connectivity index (χ1n) is 6.07. The predicted molar refractivity (Wildman–Crippen MR) is 70.9 cm³/mol. The second-order valence-corrected chi connectivity index (χ2v) is 4.83. The summed E-state index contributed by atoms with van der Waals surface area (Å²) in [5, 5.41) is 8.90. The van der Waals surface area contributed by atoms with Crippen LogP contribution in [0, 0.1) is 6.92 Å². The minimum Gasteiger partial charge on any atom is -0.302 e. The molecule has 3 nitrogen and oxygen atoms in total. The molecular formula is C14H17N3. The molecule has 17 heavy (non-hydrogen) atoms. The monoisotopic (exact) mass is 227 g/mol. The average molecular weight is 227 g/mol. The number of aromatic nitrogens is 2. The van der Waals surface area contributed by atoms with E-state index in [0.717, 1.165) is 30.7 Å². The zero-order valence-electron chi connectivity index (χ0n) is 10.3. The van der Waals surface area contributed by atoms with Gasteiger partial charge in [-0.25, -0.2) is 0 Å². The number of aromatic amines is 1. The summed E-state index contributed by atoms with van der Waals surface area (Å²) in [5.41, 5.74) is 4.90. The molecule has 2 heterocycles. The van der Waals surface area contributed by atoms with Gasteiger partial charge in [-0.15, -0.1) is 0 Å². The normalized spacial score (nSPS) is 17.4. The van der Waals surface area contributed by atoms with E-state index >= 15 is 0 Å². The number of hydrogen-bond donors (Lipinski definition) is 1. The molecule has 1 N–H and O–H groups in total. The van der Waals surface area contributed by atoms with Crippen LogP contribution in [0.15, 0.2) is 24.3 Å². The predicted octanol–water partition coefficient (Wildman–Crippen LogP) is 2.59. The van der Waals surface area contributed by atoms with Crippen molar-refractivity contribution in [3.05, 3.63) is 35.5 Å². The SMILES string of the molecule is Cc1cccc2[nH]nc(C3=CCCN(C)C3)c12. The second-order valence-electron chi connectivity index (χ2n) is 4.83. The molecule has 0 aliphatic carbocycles. The Labute approximate surface area is 101 Å². The van der Waals surface area contributed by atoms with Crippen molar-refractivity contribution in [2.45, 2.75) is 13.3 Å². The van der Waals surface area contributed by atoms with Crippen molar-refractivity contribution in [2.75, 3.05) is 20.1 Å². The van der Waals surface area contributed by atoms with Gasteiger partial charge in [-0.3, -0.25) is 5.10 Å². The van der Waals surface area contributed by atoms with E-state index in [-0.39, 0.29) is 0 Å². The quantitative estimate of drug-likeness (QED) is 0.812. The summed E-state index contributed by atoms with van der Waals surface area (Å²) in [6, 6.07) is 6.31. The van der Waals surface area contributed by atoms with Crippen LogP contribution in [0.3, 0.4) is 0 Å². The number of fused-ring (bicyclic) bond motifs is 1. The standard InChI is InChI=1S/C14H17N3/c1-10-5-3-7-12-13(10)14(16-15-12)11-6-4-8-17(2)9-11/h3,5-7H,4,8-9H2,1-2H3,(H,15,16). The molecule has 1 aromatic carbocycles. The Morgan fingerprint density at radius 3 is 3.06 bits per heavy atom. The average Bonchev–Trinajstić information content (AvgIpc) is 2.74. The first-order valence-corrected chi connectivity index (χ1v) is 6.07. The van der Waals surface area contributed by atoms with Gasteiger partial charge in [-0.05, 0) is 37.6 Å². The summed E-state index contributed by atoms with van der Waals surface area (Å²) in [4.78, 5) is 2.34. The van der Waals surface area contributed by atoms with Crippen LogP contribution in [-0.2, 0) is 0 Å². The summed E-state index contributed by atoms with van der Waals surface area (Å²) in [6.45, 7) is 4.29. The van der Waals surface area contributed by atoms with Gasteiger partial charge in [-0.2, -0.15) is 5.10 Å². The third kappa shape index (κ3) is 1.76. The van der Waals surface area contributed by atoms with Gasteiger partial charge in [-0.1, -0.05) is 18.2 Å². The van der Waals surface area contributed by atoms with E-state index in [0.29, 0.717) is 0 Å². The maximum atomic E-state index is 4.49. The van der Waals surface area contributed by atoms with Crippen molar-refractivity contribution in [1.82, 2.24) is 15.1 Å². The van der Waals surface area contributed by atoms with Crippen LogP contribution >= 0.6 is 0 Å². The number of aryl methyl sites for hydroxylation is 1. The van der Waals surface area contributed by atoms with E-state index in [1.54, 1.807) is 0 Å². The van der Waals surface area contributed by atoms with Crippen molar-refractivity contribution in [1.29, 1.82) is 0 Å². The number of nitrogens with one attached hydrogen (secondary N) is 1. The van der Waals surface area contributed by atoms with Gasteiger partial charge in [0.05, 0.1) is 11.2 Å². The zero-order valence-corrected chi connectivity index (χ0v) is 10.3. The van der Waals surface area contributed by atoms with Gasteiger partial charge in [0, 0.05) is 18.5 Å². The number of benzene rings is 1. The van der Waals surface area contributed by atoms with Gasteiger partial charge in [0.1, 0.15) is 0 Å². The van der Waals surface area contributed by atoms with E-state index in [1.807, 2.05) is 0 Å². The Morgan fingerprint density at radius 2 is 2.24 bits per heavy atom. The van der Waals surface area contributed by atoms with Crippen LogP contribution in [0.5, 0.6) is 0 Å².